The summed E-state index contributed by atoms with van der Waals surface area (Å²) in [7, 11) is 0. The second-order valence-corrected chi connectivity index (χ2v) is 4.28. The van der Waals surface area contributed by atoms with Gasteiger partial charge in [0.1, 0.15) is 0 Å². The first-order valence-electron chi connectivity index (χ1n) is 6.00. The molecule has 0 aliphatic rings. The van der Waals surface area contributed by atoms with Crippen LogP contribution in [0.15, 0.2) is 47.0 Å². The Kier molecular flexibility index (Phi) is 3.09. The number of halogens is 1. The molecule has 21 heavy (non-hydrogen) atoms. The molecule has 0 aliphatic heterocycles. The van der Waals surface area contributed by atoms with Gasteiger partial charge in [-0.3, -0.25) is 0 Å². The third kappa shape index (κ3) is 2.44. The molecule has 0 fully saturated rings. The maximum absolute atomic E-state index is 13.3. The average Bonchev–Trinajstić information content (AvgIpc) is 3.00. The summed E-state index contributed by atoms with van der Waals surface area (Å²) in [5.74, 6) is -0.706. The molecule has 1 heterocycles. The molecule has 3 rings (SSSR count). The fourth-order valence-electron chi connectivity index (χ4n) is 1.79. The summed E-state index contributed by atoms with van der Waals surface area (Å²) in [5, 5.41) is 21.7. The van der Waals surface area contributed by atoms with Gasteiger partial charge in [-0.15, -0.1) is 0 Å². The molecule has 0 amide bonds. The van der Waals surface area contributed by atoms with E-state index < -0.39 is 11.6 Å². The Morgan fingerprint density at radius 1 is 1.10 bits per heavy atom. The summed E-state index contributed by atoms with van der Waals surface area (Å²) < 4.78 is 18.4. The van der Waals surface area contributed by atoms with Crippen LogP contribution < -0.4 is 0 Å². The van der Waals surface area contributed by atoms with Gasteiger partial charge in [0, 0.05) is 11.1 Å². The molecule has 1 N–H and O–H groups in total. The van der Waals surface area contributed by atoms with E-state index in [1.807, 2.05) is 6.07 Å². The first-order valence-corrected chi connectivity index (χ1v) is 6.00. The summed E-state index contributed by atoms with van der Waals surface area (Å²) in [4.78, 5) is 4.17. The molecule has 0 aliphatic carbocycles. The van der Waals surface area contributed by atoms with Gasteiger partial charge in [-0.05, 0) is 42.5 Å². The van der Waals surface area contributed by atoms with Crippen molar-refractivity contribution in [3.63, 3.8) is 0 Å². The number of nitrogens with zero attached hydrogens (tertiary/aromatic N) is 3. The van der Waals surface area contributed by atoms with E-state index in [1.165, 1.54) is 12.1 Å². The van der Waals surface area contributed by atoms with E-state index in [4.69, 9.17) is 14.9 Å². The monoisotopic (exact) mass is 281 g/mol. The molecule has 0 unspecified atom stereocenters. The highest BCUT2D eigenvalue weighted by Gasteiger charge is 2.12. The molecule has 1 aromatic heterocycles. The molecule has 5 nitrogen and oxygen atoms in total. The van der Waals surface area contributed by atoms with Gasteiger partial charge < -0.3 is 9.63 Å². The van der Waals surface area contributed by atoms with Crippen LogP contribution in [0.3, 0.4) is 0 Å². The number of phenolic OH excluding ortho intramolecular Hbond substituents is 1. The Hall–Kier alpha value is -3.20. The lowest BCUT2D eigenvalue weighted by molar-refractivity contribution is 0.430. The van der Waals surface area contributed by atoms with Crippen LogP contribution in [0.25, 0.3) is 22.8 Å². The molecule has 0 spiro atoms. The van der Waals surface area contributed by atoms with Crippen molar-refractivity contribution < 1.29 is 14.0 Å². The topological polar surface area (TPSA) is 82.9 Å². The second kappa shape index (κ2) is 5.06. The van der Waals surface area contributed by atoms with Gasteiger partial charge in [0.2, 0.25) is 5.82 Å². The molecule has 3 aromatic rings. The Bertz CT molecular complexity index is 835. The SMILES string of the molecule is N#Cc1ccc(-c2nc(-c3ccc(O)c(F)c3)no2)cc1. The minimum Gasteiger partial charge on any atom is -0.505 e. The lowest BCUT2D eigenvalue weighted by Crippen LogP contribution is -1.84. The first kappa shape index (κ1) is 12.8. The standard InChI is InChI=1S/C15H8FN3O2/c16-12-7-11(5-6-13(12)20)14-18-15(21-19-14)10-3-1-9(8-17)2-4-10/h1-7,20H. The van der Waals surface area contributed by atoms with Crippen LogP contribution in [0.2, 0.25) is 0 Å². The molecule has 2 aromatic carbocycles. The molecule has 0 radical (unpaired) electrons. The number of aromatic nitrogens is 2. The smallest absolute Gasteiger partial charge is 0.258 e. The third-order valence-electron chi connectivity index (χ3n) is 2.89. The average molecular weight is 281 g/mol. The highest BCUT2D eigenvalue weighted by molar-refractivity contribution is 5.61. The Morgan fingerprint density at radius 2 is 1.81 bits per heavy atom. The largest absolute Gasteiger partial charge is 0.505 e. The number of benzene rings is 2. The predicted octanol–water partition coefficient (Wildman–Crippen LogP) is 3.12. The number of hydrogen-bond acceptors (Lipinski definition) is 5. The van der Waals surface area contributed by atoms with Gasteiger partial charge in [0.05, 0.1) is 11.6 Å². The van der Waals surface area contributed by atoms with Crippen molar-refractivity contribution in [3.05, 3.63) is 53.8 Å². The van der Waals surface area contributed by atoms with Gasteiger partial charge in [-0.1, -0.05) is 5.16 Å². The summed E-state index contributed by atoms with van der Waals surface area (Å²) in [6.07, 6.45) is 0. The second-order valence-electron chi connectivity index (χ2n) is 4.28. The number of aromatic hydroxyl groups is 1. The van der Waals surface area contributed by atoms with Crippen LogP contribution in [0.5, 0.6) is 5.75 Å². The van der Waals surface area contributed by atoms with E-state index in [1.54, 1.807) is 24.3 Å². The van der Waals surface area contributed by atoms with E-state index in [-0.39, 0.29) is 11.7 Å². The normalized spacial score (nSPS) is 10.3. The summed E-state index contributed by atoms with van der Waals surface area (Å²) >= 11 is 0. The maximum atomic E-state index is 13.3. The van der Waals surface area contributed by atoms with Gasteiger partial charge >= 0.3 is 0 Å². The van der Waals surface area contributed by atoms with Crippen LogP contribution in [0.4, 0.5) is 4.39 Å². The summed E-state index contributed by atoms with van der Waals surface area (Å²) in [6, 6.07) is 12.5. The number of phenols is 1. The minimum absolute atomic E-state index is 0.216. The first-order chi connectivity index (χ1) is 10.2. The van der Waals surface area contributed by atoms with Crippen molar-refractivity contribution in [1.82, 2.24) is 10.1 Å². The molecule has 0 saturated heterocycles. The maximum Gasteiger partial charge on any atom is 0.258 e. The van der Waals surface area contributed by atoms with Crippen molar-refractivity contribution in [3.8, 4) is 34.7 Å². The third-order valence-corrected chi connectivity index (χ3v) is 2.89. The molecule has 102 valence electrons. The lowest BCUT2D eigenvalue weighted by atomic mass is 10.1. The highest BCUT2D eigenvalue weighted by atomic mass is 19.1. The van der Waals surface area contributed by atoms with Gasteiger partial charge in [0.25, 0.3) is 5.89 Å². The quantitative estimate of drug-likeness (QED) is 0.780. The van der Waals surface area contributed by atoms with E-state index in [0.717, 1.165) is 6.07 Å². The summed E-state index contributed by atoms with van der Waals surface area (Å²) in [6.45, 7) is 0. The van der Waals surface area contributed by atoms with E-state index in [2.05, 4.69) is 10.1 Å². The predicted molar refractivity (Wildman–Crippen MR) is 71.5 cm³/mol. The number of rotatable bonds is 2. The van der Waals surface area contributed by atoms with Crippen LogP contribution >= 0.6 is 0 Å². The van der Waals surface area contributed by atoms with Crippen molar-refractivity contribution in [2.45, 2.75) is 0 Å². The minimum atomic E-state index is -0.753. The molecule has 0 atom stereocenters. The van der Waals surface area contributed by atoms with Crippen LogP contribution in [-0.2, 0) is 0 Å². The molecular weight excluding hydrogens is 273 g/mol. The van der Waals surface area contributed by atoms with Crippen LogP contribution in [0.1, 0.15) is 5.56 Å². The molecule has 0 bridgehead atoms. The van der Waals surface area contributed by atoms with Crippen molar-refractivity contribution >= 4 is 0 Å². The zero-order valence-corrected chi connectivity index (χ0v) is 10.6. The van der Waals surface area contributed by atoms with Crippen molar-refractivity contribution in [2.75, 3.05) is 0 Å². The summed E-state index contributed by atoms with van der Waals surface area (Å²) in [5.41, 5.74) is 1.58. The van der Waals surface area contributed by atoms with Gasteiger partial charge in [-0.2, -0.15) is 10.2 Å². The van der Waals surface area contributed by atoms with Gasteiger partial charge in [-0.25, -0.2) is 4.39 Å². The van der Waals surface area contributed by atoms with Crippen LogP contribution in [-0.4, -0.2) is 15.2 Å². The van der Waals surface area contributed by atoms with Crippen LogP contribution in [0, 0.1) is 17.1 Å². The molecule has 6 heteroatoms. The van der Waals surface area contributed by atoms with Crippen molar-refractivity contribution in [2.24, 2.45) is 0 Å². The zero-order chi connectivity index (χ0) is 14.8. The molecule has 0 saturated carbocycles. The van der Waals surface area contributed by atoms with E-state index >= 15 is 0 Å². The number of nitriles is 1. The highest BCUT2D eigenvalue weighted by Crippen LogP contribution is 2.25. The zero-order valence-electron chi connectivity index (χ0n) is 10.6. The Labute approximate surface area is 118 Å². The van der Waals surface area contributed by atoms with E-state index in [9.17, 15) is 4.39 Å². The Morgan fingerprint density at radius 3 is 2.48 bits per heavy atom. The van der Waals surface area contributed by atoms with E-state index in [0.29, 0.717) is 16.7 Å². The number of hydrogen-bond donors (Lipinski definition) is 1. The fraction of sp³-hybridized carbons (Fsp3) is 0. The fourth-order valence-corrected chi connectivity index (χ4v) is 1.79. The Balaban J connectivity index is 1.95. The molecular formula is C15H8FN3O2. The van der Waals surface area contributed by atoms with Crippen molar-refractivity contribution in [1.29, 1.82) is 5.26 Å². The lowest BCUT2D eigenvalue weighted by Gasteiger charge is -1.97. The van der Waals surface area contributed by atoms with Gasteiger partial charge in [0.15, 0.2) is 11.6 Å².